The van der Waals surface area contributed by atoms with Crippen molar-refractivity contribution in [3.05, 3.63) is 29.1 Å². The fourth-order valence-corrected chi connectivity index (χ4v) is 1.77. The van der Waals surface area contributed by atoms with Crippen LogP contribution < -0.4 is 5.73 Å². The standard InChI is InChI=1S/C12H11FN2O/c1-6(2)7-3-4-9(13)10-8(5-14)12(15)16-11(7)10/h3-4,6H,15H2,1-2H3. The van der Waals surface area contributed by atoms with Crippen molar-refractivity contribution >= 4 is 16.9 Å². The summed E-state index contributed by atoms with van der Waals surface area (Å²) in [5.74, 6) is -0.318. The van der Waals surface area contributed by atoms with E-state index >= 15 is 0 Å². The Bertz CT molecular complexity index is 593. The number of nitriles is 1. The third kappa shape index (κ3) is 1.33. The number of rotatable bonds is 1. The van der Waals surface area contributed by atoms with Gasteiger partial charge in [-0.3, -0.25) is 0 Å². The molecule has 0 aliphatic heterocycles. The molecule has 2 rings (SSSR count). The summed E-state index contributed by atoms with van der Waals surface area (Å²) in [5, 5.41) is 9.09. The van der Waals surface area contributed by atoms with Gasteiger partial charge in [0.05, 0.1) is 5.39 Å². The number of hydrogen-bond acceptors (Lipinski definition) is 3. The Morgan fingerprint density at radius 2 is 2.12 bits per heavy atom. The molecule has 0 radical (unpaired) electrons. The third-order valence-electron chi connectivity index (χ3n) is 2.58. The van der Waals surface area contributed by atoms with Crippen LogP contribution in [-0.4, -0.2) is 0 Å². The number of furan rings is 1. The summed E-state index contributed by atoms with van der Waals surface area (Å²) in [4.78, 5) is 0. The summed E-state index contributed by atoms with van der Waals surface area (Å²) >= 11 is 0. The van der Waals surface area contributed by atoms with Gasteiger partial charge in [-0.2, -0.15) is 5.26 Å². The first kappa shape index (κ1) is 10.5. The number of nitrogens with zero attached hydrogens (tertiary/aromatic N) is 1. The first-order valence-electron chi connectivity index (χ1n) is 4.96. The highest BCUT2D eigenvalue weighted by Gasteiger charge is 2.19. The van der Waals surface area contributed by atoms with Gasteiger partial charge in [0.2, 0.25) is 5.88 Å². The van der Waals surface area contributed by atoms with E-state index < -0.39 is 5.82 Å². The number of anilines is 1. The zero-order valence-electron chi connectivity index (χ0n) is 9.04. The molecule has 0 fully saturated rings. The molecule has 0 bridgehead atoms. The van der Waals surface area contributed by atoms with E-state index in [1.54, 1.807) is 6.07 Å². The Morgan fingerprint density at radius 1 is 1.44 bits per heavy atom. The summed E-state index contributed by atoms with van der Waals surface area (Å²) in [7, 11) is 0. The van der Waals surface area contributed by atoms with E-state index in [2.05, 4.69) is 0 Å². The van der Waals surface area contributed by atoms with Crippen molar-refractivity contribution in [1.82, 2.24) is 0 Å². The van der Waals surface area contributed by atoms with Gasteiger partial charge in [0.1, 0.15) is 23.0 Å². The van der Waals surface area contributed by atoms with E-state index in [1.807, 2.05) is 19.9 Å². The Hall–Kier alpha value is -2.02. The van der Waals surface area contributed by atoms with Gasteiger partial charge >= 0.3 is 0 Å². The van der Waals surface area contributed by atoms with Gasteiger partial charge in [0.25, 0.3) is 0 Å². The molecule has 0 saturated heterocycles. The highest BCUT2D eigenvalue weighted by atomic mass is 19.1. The molecule has 4 heteroatoms. The normalized spacial score (nSPS) is 10.9. The fraction of sp³-hybridized carbons (Fsp3) is 0.250. The first-order valence-corrected chi connectivity index (χ1v) is 4.96. The van der Waals surface area contributed by atoms with Crippen molar-refractivity contribution in [2.24, 2.45) is 0 Å². The molecule has 0 aliphatic carbocycles. The lowest BCUT2D eigenvalue weighted by Crippen LogP contribution is -1.90. The SMILES string of the molecule is CC(C)c1ccc(F)c2c(C#N)c(N)oc12. The predicted molar refractivity (Wildman–Crippen MR) is 59.4 cm³/mol. The first-order chi connectivity index (χ1) is 7.56. The van der Waals surface area contributed by atoms with Crippen molar-refractivity contribution in [1.29, 1.82) is 5.26 Å². The lowest BCUT2D eigenvalue weighted by molar-refractivity contribution is 0.616. The maximum atomic E-state index is 13.6. The van der Waals surface area contributed by atoms with E-state index in [1.165, 1.54) is 6.07 Å². The monoisotopic (exact) mass is 218 g/mol. The maximum absolute atomic E-state index is 13.6. The lowest BCUT2D eigenvalue weighted by Gasteiger charge is -2.05. The molecule has 0 aliphatic rings. The third-order valence-corrected chi connectivity index (χ3v) is 2.58. The van der Waals surface area contributed by atoms with Crippen molar-refractivity contribution in [3.63, 3.8) is 0 Å². The quantitative estimate of drug-likeness (QED) is 0.799. The molecule has 0 amide bonds. The second-order valence-electron chi connectivity index (χ2n) is 3.95. The van der Waals surface area contributed by atoms with Crippen LogP contribution in [0.5, 0.6) is 0 Å². The van der Waals surface area contributed by atoms with Gasteiger partial charge in [-0.15, -0.1) is 0 Å². The van der Waals surface area contributed by atoms with E-state index in [9.17, 15) is 4.39 Å². The van der Waals surface area contributed by atoms with Crippen LogP contribution in [0.2, 0.25) is 0 Å². The minimum Gasteiger partial charge on any atom is -0.439 e. The Labute approximate surface area is 92.3 Å². The van der Waals surface area contributed by atoms with E-state index in [0.717, 1.165) is 5.56 Å². The van der Waals surface area contributed by atoms with Crippen LogP contribution in [0.1, 0.15) is 30.9 Å². The molecule has 1 heterocycles. The summed E-state index contributed by atoms with van der Waals surface area (Å²) < 4.78 is 18.9. The largest absolute Gasteiger partial charge is 0.439 e. The highest BCUT2D eigenvalue weighted by Crippen LogP contribution is 2.34. The second-order valence-corrected chi connectivity index (χ2v) is 3.95. The summed E-state index contributed by atoms with van der Waals surface area (Å²) in [6.45, 7) is 3.94. The van der Waals surface area contributed by atoms with E-state index in [4.69, 9.17) is 15.4 Å². The molecule has 0 unspecified atom stereocenters. The van der Waals surface area contributed by atoms with Crippen molar-refractivity contribution in [2.75, 3.05) is 5.73 Å². The molecule has 1 aromatic heterocycles. The average Bonchev–Trinajstić information content (AvgIpc) is 2.55. The predicted octanol–water partition coefficient (Wildman–Crippen LogP) is 3.15. The van der Waals surface area contributed by atoms with Gasteiger partial charge < -0.3 is 10.2 Å². The molecule has 82 valence electrons. The zero-order chi connectivity index (χ0) is 11.9. The van der Waals surface area contributed by atoms with Crippen molar-refractivity contribution in [2.45, 2.75) is 19.8 Å². The number of halogens is 1. The number of nitrogen functional groups attached to an aromatic ring is 1. The van der Waals surface area contributed by atoms with Gasteiger partial charge in [-0.25, -0.2) is 4.39 Å². The van der Waals surface area contributed by atoms with Gasteiger partial charge in [0, 0.05) is 0 Å². The van der Waals surface area contributed by atoms with Crippen LogP contribution in [0.4, 0.5) is 10.3 Å². The maximum Gasteiger partial charge on any atom is 0.209 e. The second kappa shape index (κ2) is 3.53. The topological polar surface area (TPSA) is 63.0 Å². The Morgan fingerprint density at radius 3 is 2.69 bits per heavy atom. The van der Waals surface area contributed by atoms with Gasteiger partial charge in [-0.1, -0.05) is 19.9 Å². The minimum atomic E-state index is -0.476. The lowest BCUT2D eigenvalue weighted by atomic mass is 10.00. The molecule has 0 atom stereocenters. The molecule has 0 saturated carbocycles. The summed E-state index contributed by atoms with van der Waals surface area (Å²) in [6, 6.07) is 4.87. The van der Waals surface area contributed by atoms with Crippen molar-refractivity contribution < 1.29 is 8.81 Å². The molecule has 16 heavy (non-hydrogen) atoms. The average molecular weight is 218 g/mol. The number of hydrogen-bond donors (Lipinski definition) is 1. The molecule has 3 nitrogen and oxygen atoms in total. The summed E-state index contributed by atoms with van der Waals surface area (Å²) in [5.41, 5.74) is 6.85. The Kier molecular flexibility index (Phi) is 2.31. The molecule has 2 N–H and O–H groups in total. The van der Waals surface area contributed by atoms with Gasteiger partial charge in [-0.05, 0) is 17.5 Å². The van der Waals surface area contributed by atoms with Crippen LogP contribution in [0, 0.1) is 17.1 Å². The molecular formula is C12H11FN2O. The number of benzene rings is 1. The van der Waals surface area contributed by atoms with E-state index in [-0.39, 0.29) is 22.8 Å². The van der Waals surface area contributed by atoms with Crippen LogP contribution in [-0.2, 0) is 0 Å². The fourth-order valence-electron chi connectivity index (χ4n) is 1.77. The number of nitrogens with two attached hydrogens (primary N) is 1. The van der Waals surface area contributed by atoms with Crippen LogP contribution >= 0.6 is 0 Å². The smallest absolute Gasteiger partial charge is 0.209 e. The van der Waals surface area contributed by atoms with Crippen LogP contribution in [0.15, 0.2) is 16.5 Å². The molecule has 2 aromatic rings. The van der Waals surface area contributed by atoms with Gasteiger partial charge in [0.15, 0.2) is 0 Å². The van der Waals surface area contributed by atoms with Crippen LogP contribution in [0.25, 0.3) is 11.0 Å². The number of fused-ring (bicyclic) bond motifs is 1. The summed E-state index contributed by atoms with van der Waals surface area (Å²) in [6.07, 6.45) is 0. The van der Waals surface area contributed by atoms with Crippen molar-refractivity contribution in [3.8, 4) is 6.07 Å². The van der Waals surface area contributed by atoms with E-state index in [0.29, 0.717) is 5.58 Å². The van der Waals surface area contributed by atoms with Crippen LogP contribution in [0.3, 0.4) is 0 Å². The zero-order valence-corrected chi connectivity index (χ0v) is 9.04. The highest BCUT2D eigenvalue weighted by molar-refractivity contribution is 5.91. The molecule has 1 aromatic carbocycles. The Balaban J connectivity index is 2.93. The molecule has 0 spiro atoms. The minimum absolute atomic E-state index is 0.0236. The molecular weight excluding hydrogens is 207 g/mol.